The molecule has 1 aromatic carbocycles. The number of amides is 1. The molecule has 24 heavy (non-hydrogen) atoms. The van der Waals surface area contributed by atoms with Gasteiger partial charge in [0.05, 0.1) is 0 Å². The molecule has 0 radical (unpaired) electrons. The first-order chi connectivity index (χ1) is 11.6. The Morgan fingerprint density at radius 1 is 1.12 bits per heavy atom. The van der Waals surface area contributed by atoms with Crippen molar-refractivity contribution in [2.24, 2.45) is 0 Å². The fourth-order valence-electron chi connectivity index (χ4n) is 2.38. The van der Waals surface area contributed by atoms with Crippen LogP contribution in [0.3, 0.4) is 0 Å². The van der Waals surface area contributed by atoms with Gasteiger partial charge < -0.3 is 10.2 Å². The Hall–Kier alpha value is -2.43. The van der Waals surface area contributed by atoms with E-state index in [0.29, 0.717) is 11.5 Å². The highest BCUT2D eigenvalue weighted by atomic mass is 16.1. The van der Waals surface area contributed by atoms with Crippen molar-refractivity contribution in [1.29, 1.82) is 0 Å². The maximum absolute atomic E-state index is 12.5. The van der Waals surface area contributed by atoms with Crippen LogP contribution in [0.25, 0.3) is 11.4 Å². The highest BCUT2D eigenvalue weighted by Crippen LogP contribution is 2.20. The van der Waals surface area contributed by atoms with Gasteiger partial charge in [0, 0.05) is 30.8 Å². The molecule has 0 saturated carbocycles. The summed E-state index contributed by atoms with van der Waals surface area (Å²) in [6.45, 7) is 9.84. The van der Waals surface area contributed by atoms with Gasteiger partial charge in [-0.25, -0.2) is 9.97 Å². The van der Waals surface area contributed by atoms with Gasteiger partial charge in [0.2, 0.25) is 0 Å². The van der Waals surface area contributed by atoms with Crippen LogP contribution in [0.1, 0.15) is 44.6 Å². The molecule has 1 unspecified atom stereocenters. The number of benzene rings is 1. The largest absolute Gasteiger partial charge is 0.357 e. The fraction of sp³-hybridized carbons (Fsp3) is 0.421. The molecule has 0 bridgehead atoms. The molecular formula is C19H26N4O. The topological polar surface area (TPSA) is 58.1 Å². The molecule has 0 aliphatic rings. The molecule has 0 fully saturated rings. The Kier molecular flexibility index (Phi) is 6.29. The molecule has 2 aromatic rings. The van der Waals surface area contributed by atoms with Crippen LogP contribution in [0, 0.1) is 0 Å². The first-order valence-electron chi connectivity index (χ1n) is 8.59. The molecule has 0 saturated heterocycles. The zero-order chi connectivity index (χ0) is 17.5. The van der Waals surface area contributed by atoms with E-state index in [1.54, 1.807) is 6.07 Å². The van der Waals surface area contributed by atoms with Crippen LogP contribution in [0.15, 0.2) is 36.4 Å². The zero-order valence-electron chi connectivity index (χ0n) is 14.9. The average Bonchev–Trinajstić information content (AvgIpc) is 2.63. The summed E-state index contributed by atoms with van der Waals surface area (Å²) in [6, 6.07) is 11.6. The van der Waals surface area contributed by atoms with Gasteiger partial charge in [-0.1, -0.05) is 37.3 Å². The molecule has 1 aromatic heterocycles. The number of carbonyl (C=O) groups is 1. The summed E-state index contributed by atoms with van der Waals surface area (Å²) in [4.78, 5) is 23.8. The standard InChI is InChI=1S/C19H26N4O/c1-5-14(4)20-19(24)16-13-17(23(6-2)7-3)22-18(21-16)15-11-9-8-10-12-15/h8-14H,5-7H2,1-4H3,(H,20,24). The SMILES string of the molecule is CCC(C)NC(=O)c1cc(N(CC)CC)nc(-c2ccccc2)n1. The third-order valence-corrected chi connectivity index (χ3v) is 4.05. The summed E-state index contributed by atoms with van der Waals surface area (Å²) in [5.41, 5.74) is 1.31. The molecule has 0 aliphatic heterocycles. The Bertz CT molecular complexity index is 668. The van der Waals surface area contributed by atoms with Crippen molar-refractivity contribution in [2.75, 3.05) is 18.0 Å². The van der Waals surface area contributed by atoms with Gasteiger partial charge in [0.15, 0.2) is 5.82 Å². The van der Waals surface area contributed by atoms with E-state index in [1.165, 1.54) is 0 Å². The molecule has 1 amide bonds. The fourth-order valence-corrected chi connectivity index (χ4v) is 2.38. The van der Waals surface area contributed by atoms with Gasteiger partial charge in [0.1, 0.15) is 11.5 Å². The summed E-state index contributed by atoms with van der Waals surface area (Å²) in [6.07, 6.45) is 0.880. The minimum atomic E-state index is -0.155. The molecule has 128 valence electrons. The minimum Gasteiger partial charge on any atom is -0.357 e. The normalized spacial score (nSPS) is 11.8. The van der Waals surface area contributed by atoms with E-state index in [9.17, 15) is 4.79 Å². The molecule has 0 spiro atoms. The van der Waals surface area contributed by atoms with Crippen LogP contribution in [-0.2, 0) is 0 Å². The van der Waals surface area contributed by atoms with Crippen molar-refractivity contribution in [1.82, 2.24) is 15.3 Å². The van der Waals surface area contributed by atoms with E-state index in [0.717, 1.165) is 30.9 Å². The number of hydrogen-bond acceptors (Lipinski definition) is 4. The van der Waals surface area contributed by atoms with Crippen LogP contribution in [-0.4, -0.2) is 35.0 Å². The summed E-state index contributed by atoms with van der Waals surface area (Å²) in [5.74, 6) is 1.20. The highest BCUT2D eigenvalue weighted by molar-refractivity contribution is 5.93. The Morgan fingerprint density at radius 2 is 1.79 bits per heavy atom. The molecule has 1 atom stereocenters. The first-order valence-corrected chi connectivity index (χ1v) is 8.59. The molecule has 0 aliphatic carbocycles. The van der Waals surface area contributed by atoms with Crippen LogP contribution in [0.5, 0.6) is 0 Å². The van der Waals surface area contributed by atoms with Crippen molar-refractivity contribution in [3.63, 3.8) is 0 Å². The summed E-state index contributed by atoms with van der Waals surface area (Å²) < 4.78 is 0. The Balaban J connectivity index is 2.46. The summed E-state index contributed by atoms with van der Waals surface area (Å²) in [7, 11) is 0. The highest BCUT2D eigenvalue weighted by Gasteiger charge is 2.16. The lowest BCUT2D eigenvalue weighted by molar-refractivity contribution is 0.0934. The average molecular weight is 326 g/mol. The van der Waals surface area contributed by atoms with Gasteiger partial charge >= 0.3 is 0 Å². The van der Waals surface area contributed by atoms with Crippen LogP contribution >= 0.6 is 0 Å². The van der Waals surface area contributed by atoms with Crippen LogP contribution < -0.4 is 10.2 Å². The minimum absolute atomic E-state index is 0.115. The van der Waals surface area contributed by atoms with Gasteiger partial charge in [-0.15, -0.1) is 0 Å². The van der Waals surface area contributed by atoms with Crippen molar-refractivity contribution in [3.05, 3.63) is 42.1 Å². The summed E-state index contributed by atoms with van der Waals surface area (Å²) >= 11 is 0. The van der Waals surface area contributed by atoms with E-state index in [4.69, 9.17) is 0 Å². The van der Waals surface area contributed by atoms with E-state index < -0.39 is 0 Å². The van der Waals surface area contributed by atoms with Gasteiger partial charge in [-0.2, -0.15) is 0 Å². The third-order valence-electron chi connectivity index (χ3n) is 4.05. The van der Waals surface area contributed by atoms with Crippen molar-refractivity contribution >= 4 is 11.7 Å². The number of carbonyl (C=O) groups excluding carboxylic acids is 1. The predicted molar refractivity (Wildman–Crippen MR) is 98.2 cm³/mol. The molecule has 5 heteroatoms. The summed E-state index contributed by atoms with van der Waals surface area (Å²) in [5, 5.41) is 2.98. The van der Waals surface area contributed by atoms with E-state index >= 15 is 0 Å². The van der Waals surface area contributed by atoms with Gasteiger partial charge in [-0.3, -0.25) is 4.79 Å². The van der Waals surface area contributed by atoms with Crippen LogP contribution in [0.2, 0.25) is 0 Å². The molecular weight excluding hydrogens is 300 g/mol. The van der Waals surface area contributed by atoms with Crippen LogP contribution in [0.4, 0.5) is 5.82 Å². The third kappa shape index (κ3) is 4.31. The van der Waals surface area contributed by atoms with E-state index in [1.807, 2.05) is 44.2 Å². The van der Waals surface area contributed by atoms with E-state index in [2.05, 4.69) is 34.0 Å². The van der Waals surface area contributed by atoms with Crippen molar-refractivity contribution in [2.45, 2.75) is 40.2 Å². The maximum Gasteiger partial charge on any atom is 0.270 e. The Labute approximate surface area is 144 Å². The number of nitrogens with zero attached hydrogens (tertiary/aromatic N) is 3. The number of nitrogens with one attached hydrogen (secondary N) is 1. The number of rotatable bonds is 7. The molecule has 1 N–H and O–H groups in total. The lowest BCUT2D eigenvalue weighted by Crippen LogP contribution is -2.33. The molecule has 5 nitrogen and oxygen atoms in total. The molecule has 1 heterocycles. The lowest BCUT2D eigenvalue weighted by atomic mass is 10.2. The number of aromatic nitrogens is 2. The van der Waals surface area contributed by atoms with Crippen molar-refractivity contribution in [3.8, 4) is 11.4 Å². The second-order valence-corrected chi connectivity index (χ2v) is 5.76. The Morgan fingerprint density at radius 3 is 2.38 bits per heavy atom. The van der Waals surface area contributed by atoms with Crippen molar-refractivity contribution < 1.29 is 4.79 Å². The quantitative estimate of drug-likeness (QED) is 0.846. The smallest absolute Gasteiger partial charge is 0.270 e. The second-order valence-electron chi connectivity index (χ2n) is 5.76. The number of anilines is 1. The zero-order valence-corrected chi connectivity index (χ0v) is 14.9. The van der Waals surface area contributed by atoms with Gasteiger partial charge in [-0.05, 0) is 27.2 Å². The number of hydrogen-bond donors (Lipinski definition) is 1. The second kappa shape index (κ2) is 8.43. The lowest BCUT2D eigenvalue weighted by Gasteiger charge is -2.21. The van der Waals surface area contributed by atoms with E-state index in [-0.39, 0.29) is 11.9 Å². The predicted octanol–water partition coefficient (Wildman–Crippen LogP) is 3.52. The monoisotopic (exact) mass is 326 g/mol. The first kappa shape index (κ1) is 17.9. The molecule has 2 rings (SSSR count). The van der Waals surface area contributed by atoms with Gasteiger partial charge in [0.25, 0.3) is 5.91 Å². The maximum atomic E-state index is 12.5.